The predicted molar refractivity (Wildman–Crippen MR) is 112 cm³/mol. The van der Waals surface area contributed by atoms with Gasteiger partial charge in [-0.25, -0.2) is 4.79 Å². The van der Waals surface area contributed by atoms with E-state index in [-0.39, 0.29) is 18.8 Å². The summed E-state index contributed by atoms with van der Waals surface area (Å²) in [5, 5.41) is 13.5. The molecule has 29 heavy (non-hydrogen) atoms. The molecule has 3 aromatic carbocycles. The number of allylic oxidation sites excluding steroid dienone is 1. The molecular weight excluding hydrogens is 364 g/mol. The molecule has 0 radical (unpaired) electrons. The second kappa shape index (κ2) is 7.64. The molecule has 0 aliphatic heterocycles. The van der Waals surface area contributed by atoms with Crippen molar-refractivity contribution < 1.29 is 19.4 Å². The SMILES string of the molecule is CCOC(=O)[C@]1(O)C[C@H](c2ccc3ccccc3c2)C(=O)C=C1c1ccccc1. The number of aliphatic hydroxyl groups is 1. The Hall–Kier alpha value is -3.24. The number of benzene rings is 3. The first-order valence-corrected chi connectivity index (χ1v) is 9.72. The molecule has 0 amide bonds. The maximum atomic E-state index is 13.0. The Morgan fingerprint density at radius 1 is 1.03 bits per heavy atom. The molecule has 0 aromatic heterocycles. The Bertz CT molecular complexity index is 1100. The van der Waals surface area contributed by atoms with Crippen molar-refractivity contribution >= 4 is 28.1 Å². The van der Waals surface area contributed by atoms with Crippen molar-refractivity contribution in [3.8, 4) is 0 Å². The average molecular weight is 386 g/mol. The molecule has 0 saturated carbocycles. The summed E-state index contributed by atoms with van der Waals surface area (Å²) in [6.07, 6.45) is 1.35. The summed E-state index contributed by atoms with van der Waals surface area (Å²) >= 11 is 0. The highest BCUT2D eigenvalue weighted by Crippen LogP contribution is 2.42. The molecule has 3 aromatic rings. The molecule has 146 valence electrons. The third-order valence-corrected chi connectivity index (χ3v) is 5.45. The van der Waals surface area contributed by atoms with Crippen molar-refractivity contribution in [3.63, 3.8) is 0 Å². The minimum absolute atomic E-state index is 0.0519. The molecule has 0 heterocycles. The molecule has 0 saturated heterocycles. The number of carbonyl (C=O) groups is 2. The summed E-state index contributed by atoms with van der Waals surface area (Å²) in [6, 6.07) is 22.7. The smallest absolute Gasteiger partial charge is 0.342 e. The van der Waals surface area contributed by atoms with Crippen LogP contribution in [0.5, 0.6) is 0 Å². The van der Waals surface area contributed by atoms with Crippen LogP contribution in [0.2, 0.25) is 0 Å². The zero-order chi connectivity index (χ0) is 20.4. The number of ketones is 1. The molecule has 1 aliphatic carbocycles. The van der Waals surface area contributed by atoms with Crippen LogP contribution in [0.15, 0.2) is 78.9 Å². The Morgan fingerprint density at radius 3 is 2.45 bits per heavy atom. The van der Waals surface area contributed by atoms with Crippen LogP contribution in [0.1, 0.15) is 30.4 Å². The van der Waals surface area contributed by atoms with Gasteiger partial charge in [0, 0.05) is 12.0 Å². The van der Waals surface area contributed by atoms with Gasteiger partial charge in [0.1, 0.15) is 0 Å². The molecule has 2 atom stereocenters. The highest BCUT2D eigenvalue weighted by atomic mass is 16.5. The van der Waals surface area contributed by atoms with E-state index >= 15 is 0 Å². The number of rotatable bonds is 4. The largest absolute Gasteiger partial charge is 0.464 e. The minimum atomic E-state index is -1.89. The number of fused-ring (bicyclic) bond motifs is 1. The summed E-state index contributed by atoms with van der Waals surface area (Å²) in [7, 11) is 0. The molecule has 0 unspecified atom stereocenters. The Morgan fingerprint density at radius 2 is 1.72 bits per heavy atom. The van der Waals surface area contributed by atoms with Crippen molar-refractivity contribution in [3.05, 3.63) is 90.0 Å². The maximum absolute atomic E-state index is 13.0. The number of esters is 1. The van der Waals surface area contributed by atoms with Crippen molar-refractivity contribution in [1.29, 1.82) is 0 Å². The molecule has 4 nitrogen and oxygen atoms in total. The second-order valence-electron chi connectivity index (χ2n) is 7.27. The standard InChI is InChI=1S/C25H22O4/c1-2-29-24(27)25(28)16-21(20-13-12-17-8-6-7-11-19(17)14-20)23(26)15-22(25)18-9-4-3-5-10-18/h3-15,21,28H,2,16H2,1H3/t21-,25+/m1/s1. The second-order valence-corrected chi connectivity index (χ2v) is 7.27. The van der Waals surface area contributed by atoms with Crippen LogP contribution in [0, 0.1) is 0 Å². The normalized spacial score (nSPS) is 21.7. The van der Waals surface area contributed by atoms with Crippen LogP contribution in [-0.2, 0) is 14.3 Å². The Kier molecular flexibility index (Phi) is 5.03. The van der Waals surface area contributed by atoms with E-state index in [0.717, 1.165) is 16.3 Å². The molecule has 1 aliphatic rings. The van der Waals surface area contributed by atoms with E-state index in [1.807, 2.05) is 60.7 Å². The summed E-state index contributed by atoms with van der Waals surface area (Å²) < 4.78 is 5.18. The van der Waals surface area contributed by atoms with E-state index in [1.54, 1.807) is 19.1 Å². The predicted octanol–water partition coefficient (Wildman–Crippen LogP) is 4.27. The van der Waals surface area contributed by atoms with E-state index in [0.29, 0.717) is 11.1 Å². The number of hydrogen-bond acceptors (Lipinski definition) is 4. The molecule has 0 fully saturated rings. The monoisotopic (exact) mass is 386 g/mol. The van der Waals surface area contributed by atoms with E-state index in [4.69, 9.17) is 4.74 Å². The molecule has 1 N–H and O–H groups in total. The fraction of sp³-hybridized carbons (Fsp3) is 0.200. The molecule has 4 heteroatoms. The van der Waals surface area contributed by atoms with Crippen molar-refractivity contribution in [2.75, 3.05) is 6.61 Å². The van der Waals surface area contributed by atoms with Gasteiger partial charge in [-0.05, 0) is 34.9 Å². The highest BCUT2D eigenvalue weighted by Gasteiger charge is 2.48. The van der Waals surface area contributed by atoms with E-state index in [9.17, 15) is 14.7 Å². The number of carbonyl (C=O) groups excluding carboxylic acids is 2. The van der Waals surface area contributed by atoms with Gasteiger partial charge in [-0.3, -0.25) is 4.79 Å². The van der Waals surface area contributed by atoms with Gasteiger partial charge in [-0.15, -0.1) is 0 Å². The van der Waals surface area contributed by atoms with Gasteiger partial charge in [-0.2, -0.15) is 0 Å². The van der Waals surface area contributed by atoms with Crippen LogP contribution < -0.4 is 0 Å². The minimum Gasteiger partial charge on any atom is -0.464 e. The van der Waals surface area contributed by atoms with Gasteiger partial charge >= 0.3 is 5.97 Å². The van der Waals surface area contributed by atoms with E-state index in [1.165, 1.54) is 6.08 Å². The van der Waals surface area contributed by atoms with Gasteiger partial charge in [0.25, 0.3) is 0 Å². The Balaban J connectivity index is 1.81. The summed E-state index contributed by atoms with van der Waals surface area (Å²) in [6.45, 7) is 1.85. The zero-order valence-corrected chi connectivity index (χ0v) is 16.2. The molecule has 4 rings (SSSR count). The molecular formula is C25H22O4. The first-order chi connectivity index (χ1) is 14.0. The molecule has 0 bridgehead atoms. The number of hydrogen-bond donors (Lipinski definition) is 1. The van der Waals surface area contributed by atoms with Gasteiger partial charge in [0.05, 0.1) is 12.5 Å². The lowest BCUT2D eigenvalue weighted by molar-refractivity contribution is -0.160. The fourth-order valence-corrected chi connectivity index (χ4v) is 3.96. The first kappa shape index (κ1) is 19.1. The van der Waals surface area contributed by atoms with Gasteiger partial charge in [-0.1, -0.05) is 72.8 Å². The fourth-order valence-electron chi connectivity index (χ4n) is 3.96. The zero-order valence-electron chi connectivity index (χ0n) is 16.2. The van der Waals surface area contributed by atoms with Crippen LogP contribution in [-0.4, -0.2) is 29.1 Å². The maximum Gasteiger partial charge on any atom is 0.342 e. The van der Waals surface area contributed by atoms with Crippen molar-refractivity contribution in [2.24, 2.45) is 0 Å². The first-order valence-electron chi connectivity index (χ1n) is 9.72. The van der Waals surface area contributed by atoms with Crippen LogP contribution in [0.25, 0.3) is 16.3 Å². The van der Waals surface area contributed by atoms with Gasteiger partial charge < -0.3 is 9.84 Å². The van der Waals surface area contributed by atoms with Crippen molar-refractivity contribution in [2.45, 2.75) is 24.9 Å². The van der Waals surface area contributed by atoms with Gasteiger partial charge in [0.15, 0.2) is 11.4 Å². The summed E-state index contributed by atoms with van der Waals surface area (Å²) in [5.74, 6) is -1.48. The third-order valence-electron chi connectivity index (χ3n) is 5.45. The van der Waals surface area contributed by atoms with E-state index < -0.39 is 17.5 Å². The summed E-state index contributed by atoms with van der Waals surface area (Å²) in [4.78, 5) is 25.8. The van der Waals surface area contributed by atoms with E-state index in [2.05, 4.69) is 0 Å². The van der Waals surface area contributed by atoms with Gasteiger partial charge in [0.2, 0.25) is 0 Å². The van der Waals surface area contributed by atoms with Crippen molar-refractivity contribution in [1.82, 2.24) is 0 Å². The highest BCUT2D eigenvalue weighted by molar-refractivity contribution is 6.10. The quantitative estimate of drug-likeness (QED) is 0.680. The molecule has 0 spiro atoms. The average Bonchev–Trinajstić information content (AvgIpc) is 2.75. The Labute approximate surface area is 169 Å². The van der Waals surface area contributed by atoms with Crippen LogP contribution >= 0.6 is 0 Å². The van der Waals surface area contributed by atoms with Crippen LogP contribution in [0.4, 0.5) is 0 Å². The lowest BCUT2D eigenvalue weighted by Gasteiger charge is -2.35. The number of ether oxygens (including phenoxy) is 1. The third kappa shape index (κ3) is 3.47. The summed E-state index contributed by atoms with van der Waals surface area (Å²) in [5.41, 5.74) is -0.187. The lowest BCUT2D eigenvalue weighted by Crippen LogP contribution is -2.46. The van der Waals surface area contributed by atoms with Crippen LogP contribution in [0.3, 0.4) is 0 Å². The lowest BCUT2D eigenvalue weighted by atomic mass is 9.72. The topological polar surface area (TPSA) is 63.6 Å².